The number of hydrogen-bond donors (Lipinski definition) is 1. The van der Waals surface area contributed by atoms with Gasteiger partial charge in [-0.05, 0) is 24.6 Å². The lowest BCUT2D eigenvalue weighted by atomic mass is 10.1. The molecule has 1 heterocycles. The summed E-state index contributed by atoms with van der Waals surface area (Å²) in [6.07, 6.45) is 0. The number of benzene rings is 1. The molecule has 0 aliphatic carbocycles. The predicted molar refractivity (Wildman–Crippen MR) is 97.7 cm³/mol. The van der Waals surface area contributed by atoms with E-state index >= 15 is 0 Å². The molecule has 1 atom stereocenters. The Labute approximate surface area is 156 Å². The van der Waals surface area contributed by atoms with Gasteiger partial charge in [0, 0.05) is 23.1 Å². The van der Waals surface area contributed by atoms with Gasteiger partial charge in [0.2, 0.25) is 11.8 Å². The SMILES string of the molecule is CC(NC(=O)CSCC(=O)N1CCOCC1)c1ccc(Cl)cc1Cl. The van der Waals surface area contributed by atoms with Gasteiger partial charge >= 0.3 is 0 Å². The zero-order valence-corrected chi connectivity index (χ0v) is 15.7. The molecule has 0 saturated carbocycles. The van der Waals surface area contributed by atoms with Gasteiger partial charge in [-0.2, -0.15) is 0 Å². The van der Waals surface area contributed by atoms with Crippen LogP contribution in [0.3, 0.4) is 0 Å². The van der Waals surface area contributed by atoms with Crippen LogP contribution in [0, 0.1) is 0 Å². The van der Waals surface area contributed by atoms with Crippen LogP contribution in [0.15, 0.2) is 18.2 Å². The van der Waals surface area contributed by atoms with Gasteiger partial charge in [0.05, 0.1) is 30.8 Å². The van der Waals surface area contributed by atoms with Crippen LogP contribution in [-0.4, -0.2) is 54.5 Å². The van der Waals surface area contributed by atoms with Crippen LogP contribution in [0.25, 0.3) is 0 Å². The number of thioether (sulfide) groups is 1. The summed E-state index contributed by atoms with van der Waals surface area (Å²) in [4.78, 5) is 25.8. The monoisotopic (exact) mass is 390 g/mol. The van der Waals surface area contributed by atoms with Gasteiger partial charge in [-0.3, -0.25) is 9.59 Å². The molecule has 1 fully saturated rings. The molecule has 1 aliphatic rings. The van der Waals surface area contributed by atoms with Crippen molar-refractivity contribution in [2.75, 3.05) is 37.8 Å². The molecular formula is C16H20Cl2N2O3S. The molecule has 24 heavy (non-hydrogen) atoms. The first kappa shape index (κ1) is 19.4. The molecule has 1 aromatic rings. The maximum absolute atomic E-state index is 12.0. The second kappa shape index (κ2) is 9.51. The maximum Gasteiger partial charge on any atom is 0.232 e. The number of morpholine rings is 1. The normalized spacial score (nSPS) is 15.9. The minimum atomic E-state index is -0.224. The Morgan fingerprint density at radius 1 is 1.29 bits per heavy atom. The molecule has 1 N–H and O–H groups in total. The summed E-state index contributed by atoms with van der Waals surface area (Å²) in [5.41, 5.74) is 0.809. The molecule has 0 bridgehead atoms. The fourth-order valence-corrected chi connectivity index (χ4v) is 3.65. The van der Waals surface area contributed by atoms with E-state index in [4.69, 9.17) is 27.9 Å². The molecule has 2 amide bonds. The first-order valence-electron chi connectivity index (χ1n) is 7.65. The van der Waals surface area contributed by atoms with Crippen molar-refractivity contribution in [2.45, 2.75) is 13.0 Å². The third-order valence-corrected chi connectivity index (χ3v) is 5.11. The van der Waals surface area contributed by atoms with Crippen molar-refractivity contribution in [3.63, 3.8) is 0 Å². The minimum absolute atomic E-state index is 0.0462. The van der Waals surface area contributed by atoms with E-state index in [1.807, 2.05) is 6.92 Å². The highest BCUT2D eigenvalue weighted by Gasteiger charge is 2.18. The molecule has 1 aliphatic heterocycles. The fourth-order valence-electron chi connectivity index (χ4n) is 2.35. The van der Waals surface area contributed by atoms with E-state index in [9.17, 15) is 9.59 Å². The van der Waals surface area contributed by atoms with Gasteiger partial charge in [0.25, 0.3) is 0 Å². The topological polar surface area (TPSA) is 58.6 Å². The highest BCUT2D eigenvalue weighted by Crippen LogP contribution is 2.26. The number of halogens is 2. The number of carbonyl (C=O) groups excluding carboxylic acids is 2. The lowest BCUT2D eigenvalue weighted by Gasteiger charge is -2.26. The number of carbonyl (C=O) groups is 2. The van der Waals surface area contributed by atoms with E-state index in [1.54, 1.807) is 23.1 Å². The largest absolute Gasteiger partial charge is 0.378 e. The quantitative estimate of drug-likeness (QED) is 0.810. The number of nitrogens with one attached hydrogen (secondary N) is 1. The molecule has 8 heteroatoms. The standard InChI is InChI=1S/C16H20Cl2N2O3S/c1-11(13-3-2-12(17)8-14(13)18)19-15(21)9-24-10-16(22)20-4-6-23-7-5-20/h2-3,8,11H,4-7,9-10H2,1H3,(H,19,21). The number of hydrogen-bond acceptors (Lipinski definition) is 4. The highest BCUT2D eigenvalue weighted by molar-refractivity contribution is 8.00. The van der Waals surface area contributed by atoms with Crippen molar-refractivity contribution in [1.82, 2.24) is 10.2 Å². The smallest absolute Gasteiger partial charge is 0.232 e. The molecule has 0 aromatic heterocycles. The van der Waals surface area contributed by atoms with E-state index < -0.39 is 0 Å². The van der Waals surface area contributed by atoms with Gasteiger partial charge in [-0.1, -0.05) is 29.3 Å². The summed E-state index contributed by atoms with van der Waals surface area (Å²) in [6.45, 7) is 4.26. The van der Waals surface area contributed by atoms with Gasteiger partial charge < -0.3 is 15.0 Å². The summed E-state index contributed by atoms with van der Waals surface area (Å²) in [5, 5.41) is 3.95. The lowest BCUT2D eigenvalue weighted by molar-refractivity contribution is -0.132. The van der Waals surface area contributed by atoms with E-state index in [-0.39, 0.29) is 23.6 Å². The molecule has 1 saturated heterocycles. The highest BCUT2D eigenvalue weighted by atomic mass is 35.5. The summed E-state index contributed by atoms with van der Waals surface area (Å²) in [5.74, 6) is 0.438. The Hall–Kier alpha value is -0.950. The maximum atomic E-state index is 12.0. The van der Waals surface area contributed by atoms with Crippen LogP contribution >= 0.6 is 35.0 Å². The number of ether oxygens (including phenoxy) is 1. The van der Waals surface area contributed by atoms with E-state index in [0.29, 0.717) is 42.1 Å². The molecular weight excluding hydrogens is 371 g/mol. The first-order chi connectivity index (χ1) is 11.5. The summed E-state index contributed by atoms with van der Waals surface area (Å²) in [6, 6.07) is 4.96. The van der Waals surface area contributed by atoms with Crippen LogP contribution in [0.5, 0.6) is 0 Å². The third kappa shape index (κ3) is 5.84. The Bertz CT molecular complexity index is 595. The van der Waals surface area contributed by atoms with Crippen LogP contribution in [0.4, 0.5) is 0 Å². The summed E-state index contributed by atoms with van der Waals surface area (Å²) >= 11 is 13.3. The van der Waals surface area contributed by atoms with Crippen molar-refractivity contribution in [3.8, 4) is 0 Å². The van der Waals surface area contributed by atoms with Crippen molar-refractivity contribution < 1.29 is 14.3 Å². The Morgan fingerprint density at radius 2 is 2.00 bits per heavy atom. The fraction of sp³-hybridized carbons (Fsp3) is 0.500. The van der Waals surface area contributed by atoms with Crippen molar-refractivity contribution in [1.29, 1.82) is 0 Å². The van der Waals surface area contributed by atoms with Gasteiger partial charge in [0.1, 0.15) is 0 Å². The average Bonchev–Trinajstić information content (AvgIpc) is 2.55. The molecule has 1 unspecified atom stereocenters. The third-order valence-electron chi connectivity index (χ3n) is 3.63. The van der Waals surface area contributed by atoms with E-state index in [1.165, 1.54) is 11.8 Å². The van der Waals surface area contributed by atoms with Crippen molar-refractivity contribution in [3.05, 3.63) is 33.8 Å². The second-order valence-corrected chi connectivity index (χ2v) is 7.27. The molecule has 132 valence electrons. The molecule has 2 rings (SSSR count). The summed E-state index contributed by atoms with van der Waals surface area (Å²) < 4.78 is 5.21. The van der Waals surface area contributed by atoms with Gasteiger partial charge in [0.15, 0.2) is 0 Å². The van der Waals surface area contributed by atoms with Crippen LogP contribution < -0.4 is 5.32 Å². The zero-order chi connectivity index (χ0) is 17.5. The van der Waals surface area contributed by atoms with Crippen molar-refractivity contribution >= 4 is 46.8 Å². The molecule has 0 radical (unpaired) electrons. The van der Waals surface area contributed by atoms with Crippen LogP contribution in [0.2, 0.25) is 10.0 Å². The minimum Gasteiger partial charge on any atom is -0.378 e. The number of rotatable bonds is 6. The zero-order valence-electron chi connectivity index (χ0n) is 13.4. The van der Waals surface area contributed by atoms with Gasteiger partial charge in [-0.25, -0.2) is 0 Å². The number of nitrogens with zero attached hydrogens (tertiary/aromatic N) is 1. The first-order valence-corrected chi connectivity index (χ1v) is 9.56. The molecule has 0 spiro atoms. The van der Waals surface area contributed by atoms with Gasteiger partial charge in [-0.15, -0.1) is 11.8 Å². The summed E-state index contributed by atoms with van der Waals surface area (Å²) in [7, 11) is 0. The van der Waals surface area contributed by atoms with Crippen LogP contribution in [-0.2, 0) is 14.3 Å². The van der Waals surface area contributed by atoms with E-state index in [2.05, 4.69) is 5.32 Å². The van der Waals surface area contributed by atoms with Crippen LogP contribution in [0.1, 0.15) is 18.5 Å². The Kier molecular flexibility index (Phi) is 7.68. The second-order valence-electron chi connectivity index (χ2n) is 5.44. The predicted octanol–water partition coefficient (Wildman–Crippen LogP) is 2.76. The molecule has 5 nitrogen and oxygen atoms in total. The average molecular weight is 391 g/mol. The van der Waals surface area contributed by atoms with E-state index in [0.717, 1.165) is 5.56 Å². The Morgan fingerprint density at radius 3 is 2.67 bits per heavy atom. The van der Waals surface area contributed by atoms with Crippen molar-refractivity contribution in [2.24, 2.45) is 0 Å². The lowest BCUT2D eigenvalue weighted by Crippen LogP contribution is -2.41. The molecule has 1 aromatic carbocycles. The number of amides is 2. The Balaban J connectivity index is 1.73.